The fourth-order valence-electron chi connectivity index (χ4n) is 7.59. The van der Waals surface area contributed by atoms with Gasteiger partial charge in [0.1, 0.15) is 17.9 Å². The number of fused-ring (bicyclic) bond motifs is 3. The molecule has 61 heavy (non-hydrogen) atoms. The topological polar surface area (TPSA) is 219 Å². The van der Waals surface area contributed by atoms with Gasteiger partial charge in [-0.1, -0.05) is 78.9 Å². The first-order valence-corrected chi connectivity index (χ1v) is 22.2. The number of hydrogen-bond donors (Lipinski definition) is 7. The van der Waals surface area contributed by atoms with Crippen LogP contribution in [0.1, 0.15) is 54.5 Å². The quantitative estimate of drug-likeness (QED) is 0.102. The van der Waals surface area contributed by atoms with Crippen molar-refractivity contribution in [1.82, 2.24) is 25.2 Å². The van der Waals surface area contributed by atoms with Crippen molar-refractivity contribution in [2.45, 2.75) is 76.0 Å². The van der Waals surface area contributed by atoms with E-state index in [4.69, 9.17) is 11.1 Å². The summed E-state index contributed by atoms with van der Waals surface area (Å²) in [4.78, 5) is 59.1. The van der Waals surface area contributed by atoms with E-state index in [1.807, 2.05) is 13.8 Å². The first-order valence-electron chi connectivity index (χ1n) is 20.5. The number of carbonyl (C=O) groups is 4. The number of piperazine rings is 1. The van der Waals surface area contributed by atoms with Crippen molar-refractivity contribution < 1.29 is 27.6 Å². The zero-order chi connectivity index (χ0) is 43.5. The van der Waals surface area contributed by atoms with Gasteiger partial charge in [-0.05, 0) is 66.8 Å². The summed E-state index contributed by atoms with van der Waals surface area (Å²) in [5.41, 5.74) is 9.85. The maximum Gasteiger partial charge on any atom is 0.243 e. The van der Waals surface area contributed by atoms with E-state index >= 15 is 0 Å². The molecule has 4 atom stereocenters. The van der Waals surface area contributed by atoms with Crippen LogP contribution in [-0.4, -0.2) is 98.0 Å². The van der Waals surface area contributed by atoms with Crippen molar-refractivity contribution in [3.63, 3.8) is 0 Å². The molecule has 0 aromatic heterocycles. The van der Waals surface area contributed by atoms with E-state index in [-0.39, 0.29) is 61.3 Å². The Kier molecular flexibility index (Phi) is 15.0. The van der Waals surface area contributed by atoms with E-state index in [0.29, 0.717) is 40.0 Å². The molecule has 1 fully saturated rings. The molecule has 9 rings (SSSR count). The highest BCUT2D eigenvalue weighted by atomic mass is 32.2. The summed E-state index contributed by atoms with van der Waals surface area (Å²) in [6.45, 7) is 7.27. The van der Waals surface area contributed by atoms with Crippen molar-refractivity contribution in [3.05, 3.63) is 131 Å². The molecule has 1 saturated heterocycles. The third kappa shape index (κ3) is 13.3. The van der Waals surface area contributed by atoms with Crippen LogP contribution in [0, 0.1) is 5.41 Å². The van der Waals surface area contributed by atoms with Gasteiger partial charge in [-0.2, -0.15) is 0 Å². The van der Waals surface area contributed by atoms with Crippen LogP contribution in [-0.2, 0) is 54.3 Å². The van der Waals surface area contributed by atoms with Crippen LogP contribution in [0.25, 0.3) is 0 Å². The van der Waals surface area contributed by atoms with Crippen molar-refractivity contribution in [3.8, 4) is 0 Å². The summed E-state index contributed by atoms with van der Waals surface area (Å²) in [6, 6.07) is 26.9. The second kappa shape index (κ2) is 20.5. The van der Waals surface area contributed by atoms with E-state index < -0.39 is 33.9 Å². The van der Waals surface area contributed by atoms with Gasteiger partial charge in [0.2, 0.25) is 33.7 Å². The first-order chi connectivity index (χ1) is 29.2. The minimum Gasteiger partial charge on any atom is -0.384 e. The first kappa shape index (κ1) is 44.6. The number of carbonyl (C=O) groups excluding carboxylic acids is 4. The second-order valence-electron chi connectivity index (χ2n) is 15.9. The molecule has 4 aromatic rings. The Morgan fingerprint density at radius 3 is 1.72 bits per heavy atom. The molecule has 16 heteroatoms. The fraction of sp³-hybridized carbons (Fsp3) is 0.356. The number of amides is 4. The average molecular weight is 850 g/mol. The Bertz CT molecular complexity index is 2270. The van der Waals surface area contributed by atoms with Gasteiger partial charge in [-0.25, -0.2) is 13.1 Å². The molecule has 5 aliphatic heterocycles. The Balaban J connectivity index is 1.28. The van der Waals surface area contributed by atoms with Gasteiger partial charge in [-0.3, -0.25) is 34.4 Å². The monoisotopic (exact) mass is 849 g/mol. The van der Waals surface area contributed by atoms with Gasteiger partial charge in [0.05, 0.1) is 5.75 Å². The molecule has 5 heterocycles. The van der Waals surface area contributed by atoms with E-state index in [0.717, 1.165) is 31.7 Å². The lowest BCUT2D eigenvalue weighted by molar-refractivity contribution is -0.129. The van der Waals surface area contributed by atoms with Crippen molar-refractivity contribution >= 4 is 50.9 Å². The summed E-state index contributed by atoms with van der Waals surface area (Å²) in [5.74, 6) is -1.96. The molecule has 6 bridgehead atoms. The molecule has 0 radical (unpaired) electrons. The summed E-state index contributed by atoms with van der Waals surface area (Å²) in [5, 5.41) is 19.3. The smallest absolute Gasteiger partial charge is 0.243 e. The van der Waals surface area contributed by atoms with E-state index in [9.17, 15) is 27.6 Å². The molecule has 0 unspecified atom stereocenters. The third-order valence-electron chi connectivity index (χ3n) is 11.1. The van der Waals surface area contributed by atoms with Crippen LogP contribution < -0.4 is 31.7 Å². The Morgan fingerprint density at radius 2 is 1.21 bits per heavy atom. The standard InChI is InChI=1S/C45H55N9O6S/c1-30-24-41(55)49-37-16-10-32(11-17-37)26-39(44(57)48-28-34-8-14-36(15-9-34)43(46)47)51-45(58)40(52-61(59,60)29-35-6-4-3-5-7-35)27-33-12-18-38(19-13-33)50-42(56)25-31(2)54-22-20-53(30)21-23-54/h3-19,30-31,39-40,52H,20-29H2,1-2H3,(H3,46,47)(H,48,57)(H,49,55)(H,50,56)(H,51,58)/t30-,31+,39+,40-/m1/s1. The normalized spacial score (nSPS) is 23.1. The van der Waals surface area contributed by atoms with Crippen LogP contribution in [0.15, 0.2) is 103 Å². The molecular formula is C45H55N9O6S. The largest absolute Gasteiger partial charge is 0.384 e. The molecule has 0 spiro atoms. The average Bonchev–Trinajstić information content (AvgIpc) is 3.23. The highest BCUT2D eigenvalue weighted by Crippen LogP contribution is 2.19. The van der Waals surface area contributed by atoms with Crippen LogP contribution in [0.2, 0.25) is 0 Å². The lowest BCUT2D eigenvalue weighted by Crippen LogP contribution is -2.55. The highest BCUT2D eigenvalue weighted by Gasteiger charge is 2.30. The molecule has 8 N–H and O–H groups in total. The van der Waals surface area contributed by atoms with Gasteiger partial charge in [0, 0.05) is 81.0 Å². The predicted octanol–water partition coefficient (Wildman–Crippen LogP) is 3.11. The van der Waals surface area contributed by atoms with Gasteiger partial charge >= 0.3 is 0 Å². The lowest BCUT2D eigenvalue weighted by Gasteiger charge is -2.40. The van der Waals surface area contributed by atoms with Gasteiger partial charge in [0.25, 0.3) is 0 Å². The van der Waals surface area contributed by atoms with E-state index in [2.05, 4.69) is 35.8 Å². The molecule has 0 saturated carbocycles. The minimum atomic E-state index is -4.07. The van der Waals surface area contributed by atoms with E-state index in [1.165, 1.54) is 0 Å². The SMILES string of the molecule is C[C@@H]1CC(=O)Nc2ccc(cc2)C[C@@H](C(=O)NCc2ccc(C(=N)N)cc2)NC(=O)[C@H](NS(=O)(=O)Cc2ccccc2)Cc2ccc(cc2)NC(=O)C[C@H](C)N2CCN1CC2. The molecular weight excluding hydrogens is 795 g/mol. The maximum absolute atomic E-state index is 14.3. The third-order valence-corrected chi connectivity index (χ3v) is 12.5. The van der Waals surface area contributed by atoms with Gasteiger partial charge in [-0.15, -0.1) is 0 Å². The molecule has 4 aromatic carbocycles. The fourth-order valence-corrected chi connectivity index (χ4v) is 8.93. The Hall–Kier alpha value is -5.94. The molecule has 15 nitrogen and oxygen atoms in total. The number of amidine groups is 1. The zero-order valence-corrected chi connectivity index (χ0v) is 35.3. The van der Waals surface area contributed by atoms with Crippen molar-refractivity contribution in [1.29, 1.82) is 5.41 Å². The summed E-state index contributed by atoms with van der Waals surface area (Å²) < 4.78 is 29.8. The number of nitrogen functional groups attached to an aromatic ring is 1. The van der Waals surface area contributed by atoms with Crippen LogP contribution in [0.5, 0.6) is 0 Å². The van der Waals surface area contributed by atoms with Gasteiger partial charge < -0.3 is 27.0 Å². The summed E-state index contributed by atoms with van der Waals surface area (Å²) in [6.07, 6.45) is 0.570. The van der Waals surface area contributed by atoms with Crippen molar-refractivity contribution in [2.75, 3.05) is 36.8 Å². The van der Waals surface area contributed by atoms with Crippen LogP contribution in [0.4, 0.5) is 11.4 Å². The van der Waals surface area contributed by atoms with E-state index in [1.54, 1.807) is 103 Å². The Morgan fingerprint density at radius 1 is 0.705 bits per heavy atom. The lowest BCUT2D eigenvalue weighted by atomic mass is 10.0. The van der Waals surface area contributed by atoms with Crippen molar-refractivity contribution in [2.24, 2.45) is 5.73 Å². The second-order valence-corrected chi connectivity index (χ2v) is 17.6. The number of nitrogens with two attached hydrogens (primary N) is 1. The maximum atomic E-state index is 14.3. The minimum absolute atomic E-state index is 0.00292. The highest BCUT2D eigenvalue weighted by molar-refractivity contribution is 7.88. The number of sulfonamides is 1. The number of nitrogens with one attached hydrogen (secondary N) is 6. The molecule has 322 valence electrons. The molecule has 0 aliphatic carbocycles. The summed E-state index contributed by atoms with van der Waals surface area (Å²) >= 11 is 0. The molecule has 4 amide bonds. The number of rotatable bonds is 8. The van der Waals surface area contributed by atoms with Crippen LogP contribution >= 0.6 is 0 Å². The van der Waals surface area contributed by atoms with Crippen LogP contribution in [0.3, 0.4) is 0 Å². The number of hydrogen-bond acceptors (Lipinski definition) is 9. The zero-order valence-electron chi connectivity index (χ0n) is 34.5. The number of anilines is 2. The number of nitrogens with zero attached hydrogens (tertiary/aromatic N) is 2. The predicted molar refractivity (Wildman–Crippen MR) is 236 cm³/mol. The summed E-state index contributed by atoms with van der Waals surface area (Å²) in [7, 11) is -4.07. The van der Waals surface area contributed by atoms with Gasteiger partial charge in [0.15, 0.2) is 0 Å². The number of benzene rings is 4. The Labute approximate surface area is 357 Å². The molecule has 5 aliphatic rings.